The van der Waals surface area contributed by atoms with Crippen LogP contribution in [0.4, 0.5) is 0 Å². The van der Waals surface area contributed by atoms with Gasteiger partial charge in [0.05, 0.1) is 6.21 Å². The third-order valence-electron chi connectivity index (χ3n) is 3.53. The van der Waals surface area contributed by atoms with Crippen LogP contribution in [0.3, 0.4) is 0 Å². The number of rotatable bonds is 12. The molecule has 0 aliphatic carbocycles. The van der Waals surface area contributed by atoms with Crippen LogP contribution < -0.4 is 10.2 Å². The van der Waals surface area contributed by atoms with Gasteiger partial charge in [-0.2, -0.15) is 16.9 Å². The summed E-state index contributed by atoms with van der Waals surface area (Å²) in [4.78, 5) is 24.5. The van der Waals surface area contributed by atoms with E-state index in [1.807, 2.05) is 36.6 Å². The summed E-state index contributed by atoms with van der Waals surface area (Å²) in [5.41, 5.74) is 3.32. The van der Waals surface area contributed by atoms with Gasteiger partial charge in [-0.3, -0.25) is 4.79 Å². The molecular formula is C21H24N2O4S2. The maximum absolute atomic E-state index is 11.8. The zero-order valence-electron chi connectivity index (χ0n) is 16.2. The smallest absolute Gasteiger partial charge is 0.344 e. The van der Waals surface area contributed by atoms with Crippen LogP contribution in [0.15, 0.2) is 64.6 Å². The molecule has 0 fully saturated rings. The number of carbonyl (C=O) groups is 2. The van der Waals surface area contributed by atoms with Gasteiger partial charge < -0.3 is 9.47 Å². The lowest BCUT2D eigenvalue weighted by Crippen LogP contribution is -2.17. The highest BCUT2D eigenvalue weighted by Crippen LogP contribution is 2.17. The second-order valence-electron chi connectivity index (χ2n) is 5.78. The molecule has 2 rings (SSSR count). The number of hydrogen-bond donors (Lipinski definition) is 1. The molecule has 2 aromatic carbocycles. The lowest BCUT2D eigenvalue weighted by molar-refractivity contribution is -0.145. The minimum absolute atomic E-state index is 0.126. The number of hydrazone groups is 1. The third-order valence-corrected chi connectivity index (χ3v) is 5.12. The average Bonchev–Trinajstić information content (AvgIpc) is 2.74. The van der Waals surface area contributed by atoms with E-state index in [-0.39, 0.29) is 12.5 Å². The van der Waals surface area contributed by atoms with Gasteiger partial charge in [-0.05, 0) is 48.2 Å². The van der Waals surface area contributed by atoms with Gasteiger partial charge in [0.2, 0.25) is 5.91 Å². The number of nitrogens with zero attached hydrogens (tertiary/aromatic N) is 1. The molecular weight excluding hydrogens is 408 g/mol. The number of amides is 1. The van der Waals surface area contributed by atoms with Crippen LogP contribution in [-0.4, -0.2) is 49.1 Å². The Morgan fingerprint density at radius 3 is 2.55 bits per heavy atom. The number of hydrogen-bond acceptors (Lipinski definition) is 7. The van der Waals surface area contributed by atoms with E-state index >= 15 is 0 Å². The van der Waals surface area contributed by atoms with Gasteiger partial charge in [0.15, 0.2) is 6.61 Å². The van der Waals surface area contributed by atoms with E-state index < -0.39 is 5.97 Å². The summed E-state index contributed by atoms with van der Waals surface area (Å²) in [7, 11) is 0. The van der Waals surface area contributed by atoms with Gasteiger partial charge in [0.1, 0.15) is 12.4 Å². The van der Waals surface area contributed by atoms with Gasteiger partial charge >= 0.3 is 5.97 Å². The van der Waals surface area contributed by atoms with E-state index in [1.165, 1.54) is 0 Å². The molecule has 2 aromatic rings. The standard InChI is InChI=1S/C21H24N2O4S2/c1-28-14-12-26-21(25)16-27-18-9-7-17(8-10-18)15-22-23-20(24)11-13-29-19-5-3-2-4-6-19/h2-10,15H,11-14,16H2,1H3,(H,23,24)/b22-15-. The van der Waals surface area contributed by atoms with Crippen molar-refractivity contribution in [2.45, 2.75) is 11.3 Å². The molecule has 0 aliphatic rings. The van der Waals surface area contributed by atoms with Gasteiger partial charge in [-0.25, -0.2) is 10.2 Å². The molecule has 0 spiro atoms. The molecule has 0 saturated heterocycles. The Bertz CT molecular complexity index is 783. The predicted molar refractivity (Wildman–Crippen MR) is 119 cm³/mol. The van der Waals surface area contributed by atoms with E-state index in [9.17, 15) is 9.59 Å². The number of ether oxygens (including phenoxy) is 2. The van der Waals surface area contributed by atoms with Crippen molar-refractivity contribution < 1.29 is 19.1 Å². The van der Waals surface area contributed by atoms with Crippen LogP contribution in [0, 0.1) is 0 Å². The zero-order valence-corrected chi connectivity index (χ0v) is 17.8. The first-order valence-corrected chi connectivity index (χ1v) is 11.4. The van der Waals surface area contributed by atoms with E-state index in [0.717, 1.165) is 16.2 Å². The molecule has 0 bridgehead atoms. The third kappa shape index (κ3) is 10.0. The predicted octanol–water partition coefficient (Wildman–Crippen LogP) is 3.60. The highest BCUT2D eigenvalue weighted by Gasteiger charge is 2.04. The van der Waals surface area contributed by atoms with Crippen molar-refractivity contribution in [3.05, 3.63) is 60.2 Å². The van der Waals surface area contributed by atoms with Gasteiger partial charge in [0.25, 0.3) is 0 Å². The molecule has 0 radical (unpaired) electrons. The number of thioether (sulfide) groups is 2. The van der Waals surface area contributed by atoms with Crippen molar-refractivity contribution in [3.8, 4) is 5.75 Å². The van der Waals surface area contributed by atoms with E-state index in [2.05, 4.69) is 10.5 Å². The van der Waals surface area contributed by atoms with Crippen LogP contribution in [0.2, 0.25) is 0 Å². The van der Waals surface area contributed by atoms with Crippen molar-refractivity contribution in [3.63, 3.8) is 0 Å². The minimum atomic E-state index is -0.391. The number of carbonyl (C=O) groups excluding carboxylic acids is 2. The summed E-state index contributed by atoms with van der Waals surface area (Å²) in [6, 6.07) is 17.0. The highest BCUT2D eigenvalue weighted by molar-refractivity contribution is 7.99. The maximum atomic E-state index is 11.8. The van der Waals surface area contributed by atoms with Crippen LogP contribution in [0.5, 0.6) is 5.75 Å². The zero-order chi connectivity index (χ0) is 20.7. The summed E-state index contributed by atoms with van der Waals surface area (Å²) in [6.07, 6.45) is 3.89. The Kier molecular flexibility index (Phi) is 10.8. The van der Waals surface area contributed by atoms with Crippen molar-refractivity contribution in [1.29, 1.82) is 0 Å². The summed E-state index contributed by atoms with van der Waals surface area (Å²) >= 11 is 3.24. The normalized spacial score (nSPS) is 10.7. The number of nitrogens with one attached hydrogen (secondary N) is 1. The summed E-state index contributed by atoms with van der Waals surface area (Å²) in [5, 5.41) is 3.96. The monoisotopic (exact) mass is 432 g/mol. The molecule has 0 atom stereocenters. The lowest BCUT2D eigenvalue weighted by Gasteiger charge is -2.06. The van der Waals surface area contributed by atoms with Crippen molar-refractivity contribution in [2.24, 2.45) is 5.10 Å². The second kappa shape index (κ2) is 13.7. The van der Waals surface area contributed by atoms with E-state index in [0.29, 0.717) is 24.5 Å². The fourth-order valence-corrected chi connectivity index (χ4v) is 3.21. The lowest BCUT2D eigenvalue weighted by atomic mass is 10.2. The van der Waals surface area contributed by atoms with Crippen molar-refractivity contribution in [1.82, 2.24) is 5.43 Å². The first kappa shape index (κ1) is 22.8. The molecule has 8 heteroatoms. The molecule has 154 valence electrons. The molecule has 1 N–H and O–H groups in total. The van der Waals surface area contributed by atoms with Gasteiger partial charge in [-0.15, -0.1) is 11.8 Å². The molecule has 1 amide bonds. The summed E-state index contributed by atoms with van der Waals surface area (Å²) < 4.78 is 10.4. The fourth-order valence-electron chi connectivity index (χ4n) is 2.09. The Labute approximate surface area is 179 Å². The Balaban J connectivity index is 1.64. The molecule has 0 saturated carbocycles. The van der Waals surface area contributed by atoms with Gasteiger partial charge in [0, 0.05) is 22.8 Å². The van der Waals surface area contributed by atoms with Crippen LogP contribution in [0.1, 0.15) is 12.0 Å². The fraction of sp³-hybridized carbons (Fsp3) is 0.286. The number of benzene rings is 2. The Hall–Kier alpha value is -2.45. The Morgan fingerprint density at radius 1 is 1.07 bits per heavy atom. The van der Waals surface area contributed by atoms with Crippen LogP contribution in [-0.2, 0) is 14.3 Å². The molecule has 0 unspecified atom stereocenters. The van der Waals surface area contributed by atoms with Crippen molar-refractivity contribution >= 4 is 41.6 Å². The molecule has 0 aromatic heterocycles. The molecule has 6 nitrogen and oxygen atoms in total. The first-order valence-electron chi connectivity index (χ1n) is 9.04. The van der Waals surface area contributed by atoms with Gasteiger partial charge in [-0.1, -0.05) is 18.2 Å². The van der Waals surface area contributed by atoms with Crippen LogP contribution in [0.25, 0.3) is 0 Å². The number of esters is 1. The largest absolute Gasteiger partial charge is 0.482 e. The van der Waals surface area contributed by atoms with Crippen molar-refractivity contribution in [2.75, 3.05) is 31.0 Å². The molecule has 0 heterocycles. The van der Waals surface area contributed by atoms with E-state index in [4.69, 9.17) is 9.47 Å². The summed E-state index contributed by atoms with van der Waals surface area (Å²) in [5.74, 6) is 1.49. The second-order valence-corrected chi connectivity index (χ2v) is 7.93. The topological polar surface area (TPSA) is 77.0 Å². The molecule has 0 aliphatic heterocycles. The van der Waals surface area contributed by atoms with Crippen LogP contribution >= 0.6 is 23.5 Å². The maximum Gasteiger partial charge on any atom is 0.344 e. The highest BCUT2D eigenvalue weighted by atomic mass is 32.2. The van der Waals surface area contributed by atoms with E-state index in [1.54, 1.807) is 54.0 Å². The Morgan fingerprint density at radius 2 is 1.83 bits per heavy atom. The SMILES string of the molecule is CSCCOC(=O)COc1ccc(/C=N\NC(=O)CCSc2ccccc2)cc1. The minimum Gasteiger partial charge on any atom is -0.482 e. The first-order chi connectivity index (χ1) is 14.2. The molecule has 29 heavy (non-hydrogen) atoms. The quantitative estimate of drug-likeness (QED) is 0.182. The summed E-state index contributed by atoms with van der Waals surface area (Å²) in [6.45, 7) is 0.258. The average molecular weight is 433 g/mol.